The molecule has 2 aliphatic rings. The van der Waals surface area contributed by atoms with E-state index in [1.54, 1.807) is 20.4 Å². The summed E-state index contributed by atoms with van der Waals surface area (Å²) in [7, 11) is 3.29. The van der Waals surface area contributed by atoms with Gasteiger partial charge in [0.15, 0.2) is 0 Å². The van der Waals surface area contributed by atoms with Crippen molar-refractivity contribution in [1.29, 1.82) is 0 Å². The van der Waals surface area contributed by atoms with Gasteiger partial charge in [0.2, 0.25) is 0 Å². The highest BCUT2D eigenvalue weighted by atomic mass is 35.5. The van der Waals surface area contributed by atoms with Crippen LogP contribution in [0.4, 0.5) is 0 Å². The van der Waals surface area contributed by atoms with Crippen LogP contribution in [0.5, 0.6) is 11.5 Å². The zero-order valence-electron chi connectivity index (χ0n) is 28.6. The fourth-order valence-corrected chi connectivity index (χ4v) is 6.31. The van der Waals surface area contributed by atoms with E-state index in [2.05, 4.69) is 10.3 Å². The molecule has 2 heterocycles. The highest BCUT2D eigenvalue weighted by Crippen LogP contribution is 2.36. The molecule has 48 heavy (non-hydrogen) atoms. The molecule has 3 aromatic rings. The largest absolute Gasteiger partial charge is 0.490 e. The van der Waals surface area contributed by atoms with E-state index in [1.807, 2.05) is 67.3 Å². The van der Waals surface area contributed by atoms with Crippen LogP contribution >= 0.6 is 11.6 Å². The third kappa shape index (κ3) is 9.57. The molecule has 258 valence electrons. The molecule has 1 atom stereocenters. The summed E-state index contributed by atoms with van der Waals surface area (Å²) >= 11 is 6.66. The van der Waals surface area contributed by atoms with E-state index < -0.39 is 0 Å². The number of nitrogens with zero attached hydrogens (tertiary/aromatic N) is 2. The van der Waals surface area contributed by atoms with E-state index in [1.165, 1.54) is 0 Å². The number of aromatic nitrogens is 1. The molecule has 1 N–H and O–H groups in total. The smallest absolute Gasteiger partial charge is 0.252 e. The molecule has 1 amide bonds. The highest BCUT2D eigenvalue weighted by Gasteiger charge is 2.38. The Balaban J connectivity index is 1.35. The molecule has 0 radical (unpaired) electrons. The summed E-state index contributed by atoms with van der Waals surface area (Å²) in [4.78, 5) is 21.2. The first-order valence-corrected chi connectivity index (χ1v) is 17.2. The van der Waals surface area contributed by atoms with Crippen molar-refractivity contribution in [2.45, 2.75) is 64.6 Å². The Hall–Kier alpha value is -3.47. The second-order valence-corrected chi connectivity index (χ2v) is 12.8. The van der Waals surface area contributed by atoms with E-state index in [4.69, 9.17) is 35.3 Å². The highest BCUT2D eigenvalue weighted by molar-refractivity contribution is 6.31. The molecule has 0 bridgehead atoms. The number of carbonyl (C=O) groups excluding carboxylic acids is 1. The zero-order valence-corrected chi connectivity index (χ0v) is 29.3. The number of hydrogen-bond donors (Lipinski definition) is 1. The summed E-state index contributed by atoms with van der Waals surface area (Å²) in [6.07, 6.45) is 5.99. The van der Waals surface area contributed by atoms with Gasteiger partial charge in [0.1, 0.15) is 31.5 Å². The van der Waals surface area contributed by atoms with Crippen molar-refractivity contribution >= 4 is 23.1 Å². The lowest BCUT2D eigenvalue weighted by Crippen LogP contribution is -2.47. The van der Waals surface area contributed by atoms with Crippen molar-refractivity contribution in [2.75, 3.05) is 54.0 Å². The molecular formula is C38H48ClN3O6. The Morgan fingerprint density at radius 1 is 1.00 bits per heavy atom. The number of aryl methyl sites for hydroxylation is 3. The zero-order chi connectivity index (χ0) is 33.9. The first-order chi connectivity index (χ1) is 23.4. The molecule has 10 heteroatoms. The minimum Gasteiger partial charge on any atom is -0.490 e. The van der Waals surface area contributed by atoms with Gasteiger partial charge in [0.25, 0.3) is 5.91 Å². The number of rotatable bonds is 18. The normalized spacial score (nSPS) is 16.2. The van der Waals surface area contributed by atoms with Gasteiger partial charge in [-0.15, -0.1) is 0 Å². The van der Waals surface area contributed by atoms with Gasteiger partial charge in [0, 0.05) is 50.9 Å². The Kier molecular flexibility index (Phi) is 13.3. The van der Waals surface area contributed by atoms with Crippen molar-refractivity contribution < 1.29 is 28.5 Å². The average Bonchev–Trinajstić information content (AvgIpc) is 3.93. The van der Waals surface area contributed by atoms with E-state index in [0.29, 0.717) is 44.4 Å². The van der Waals surface area contributed by atoms with Gasteiger partial charge >= 0.3 is 0 Å². The summed E-state index contributed by atoms with van der Waals surface area (Å²) in [5, 5.41) is 4.10. The lowest BCUT2D eigenvalue weighted by molar-refractivity contribution is -0.129. The Bertz CT molecular complexity index is 1520. The van der Waals surface area contributed by atoms with Crippen LogP contribution in [0.3, 0.4) is 0 Å². The Morgan fingerprint density at radius 2 is 1.75 bits per heavy atom. The van der Waals surface area contributed by atoms with Crippen LogP contribution < -0.4 is 14.8 Å². The van der Waals surface area contributed by atoms with E-state index in [0.717, 1.165) is 82.8 Å². The minimum absolute atomic E-state index is 0.00324. The third-order valence-electron chi connectivity index (χ3n) is 8.73. The average molecular weight is 678 g/mol. The molecule has 2 aromatic carbocycles. The summed E-state index contributed by atoms with van der Waals surface area (Å²) < 4.78 is 28.2. The minimum atomic E-state index is -0.284. The molecule has 1 aliphatic heterocycles. The maximum atomic E-state index is 14.7. The first-order valence-electron chi connectivity index (χ1n) is 16.8. The van der Waals surface area contributed by atoms with Crippen molar-refractivity contribution in [2.24, 2.45) is 0 Å². The second kappa shape index (κ2) is 17.8. The van der Waals surface area contributed by atoms with Gasteiger partial charge in [-0.3, -0.25) is 9.78 Å². The molecule has 1 aliphatic carbocycles. The summed E-state index contributed by atoms with van der Waals surface area (Å²) in [6.45, 7) is 7.24. The fourth-order valence-electron chi connectivity index (χ4n) is 6.15. The molecular weight excluding hydrogens is 630 g/mol. The van der Waals surface area contributed by atoms with Crippen LogP contribution in [0.15, 0.2) is 60.3 Å². The number of nitrogens with one attached hydrogen (secondary N) is 1. The Labute approximate surface area is 289 Å². The molecule has 1 fully saturated rings. The molecule has 1 saturated carbocycles. The van der Waals surface area contributed by atoms with Crippen molar-refractivity contribution in [1.82, 2.24) is 15.2 Å². The number of amides is 1. The van der Waals surface area contributed by atoms with E-state index in [9.17, 15) is 4.79 Å². The topological polar surface area (TPSA) is 91.4 Å². The van der Waals surface area contributed by atoms with E-state index >= 15 is 0 Å². The number of methoxy groups -OCH3 is 2. The monoisotopic (exact) mass is 677 g/mol. The summed E-state index contributed by atoms with van der Waals surface area (Å²) in [5.41, 5.74) is 6.80. The number of ether oxygens (including phenoxy) is 5. The number of hydrogen-bond acceptors (Lipinski definition) is 8. The van der Waals surface area contributed by atoms with Gasteiger partial charge in [0.05, 0.1) is 17.7 Å². The molecule has 9 nitrogen and oxygen atoms in total. The number of para-hydroxylation sites is 1. The van der Waals surface area contributed by atoms with Crippen molar-refractivity contribution in [3.8, 4) is 11.5 Å². The van der Waals surface area contributed by atoms with Gasteiger partial charge in [-0.1, -0.05) is 41.9 Å². The maximum Gasteiger partial charge on any atom is 0.252 e. The third-order valence-corrected chi connectivity index (χ3v) is 9.07. The predicted octanol–water partition coefficient (Wildman–Crippen LogP) is 6.32. The molecule has 0 saturated heterocycles. The maximum absolute atomic E-state index is 14.7. The number of pyridine rings is 1. The van der Waals surface area contributed by atoms with Crippen molar-refractivity contribution in [3.05, 3.63) is 93.3 Å². The molecule has 5 rings (SSSR count). The quantitative estimate of drug-likeness (QED) is 0.124. The van der Waals surface area contributed by atoms with Crippen LogP contribution in [0, 0.1) is 13.8 Å². The number of halogens is 1. The second-order valence-electron chi connectivity index (χ2n) is 12.4. The summed E-state index contributed by atoms with van der Waals surface area (Å²) in [6, 6.07) is 16.0. The predicted molar refractivity (Wildman–Crippen MR) is 188 cm³/mol. The van der Waals surface area contributed by atoms with E-state index in [-0.39, 0.29) is 24.8 Å². The standard InChI is InChI=1S/C38H48ClN3O6/c1-26-7-5-8-27(2)37(26)48-20-19-47-32-14-10-28(11-15-32)33-16-17-40-35(24-46-25-45-4)36(33)38(43)42(31-12-13-31)23-29-21-30(9-6-18-44-3)41-22-34(29)39/h5,7-8,10-11,14-15,21-22,31,35,40H,6,9,12-13,16-20,23-25H2,1-4H3/t35-/m1/s1. The van der Waals surface area contributed by atoms with Gasteiger partial charge in [-0.25, -0.2) is 0 Å². The lowest BCUT2D eigenvalue weighted by Gasteiger charge is -2.33. The van der Waals surface area contributed by atoms with Crippen molar-refractivity contribution in [3.63, 3.8) is 0 Å². The number of benzene rings is 2. The van der Waals surface area contributed by atoms with Gasteiger partial charge in [-0.05, 0) is 98.5 Å². The van der Waals surface area contributed by atoms with Crippen LogP contribution in [0.25, 0.3) is 5.57 Å². The first kappa shape index (κ1) is 35.8. The Morgan fingerprint density at radius 3 is 2.46 bits per heavy atom. The molecule has 1 aromatic heterocycles. The summed E-state index contributed by atoms with van der Waals surface area (Å²) in [5.74, 6) is 1.66. The number of carbonyl (C=O) groups is 1. The van der Waals surface area contributed by atoms with Crippen LogP contribution in [-0.4, -0.2) is 81.9 Å². The fraction of sp³-hybridized carbons (Fsp3) is 0.474. The van der Waals surface area contributed by atoms with Crippen LogP contribution in [0.2, 0.25) is 5.02 Å². The van der Waals surface area contributed by atoms with Gasteiger partial charge in [-0.2, -0.15) is 0 Å². The van der Waals surface area contributed by atoms with Crippen LogP contribution in [0.1, 0.15) is 53.6 Å². The molecule has 0 unspecified atom stereocenters. The SMILES string of the molecule is COCCCc1cc(CN(C(=O)C2=C(c3ccc(OCCOc4c(C)cccc4C)cc3)CCN[C@@H]2COCOC)C2CC2)c(Cl)cn1. The molecule has 0 spiro atoms. The lowest BCUT2D eigenvalue weighted by atomic mass is 9.88. The van der Waals surface area contributed by atoms with Gasteiger partial charge < -0.3 is 33.9 Å². The van der Waals surface area contributed by atoms with Crippen LogP contribution in [-0.2, 0) is 32.0 Å².